The molecular formula is C26H32N2O6Si. The highest BCUT2D eigenvalue weighted by molar-refractivity contribution is 6.75. The van der Waals surface area contributed by atoms with Crippen LogP contribution in [0, 0.1) is 0 Å². The van der Waals surface area contributed by atoms with Gasteiger partial charge in [0.15, 0.2) is 5.58 Å². The summed E-state index contributed by atoms with van der Waals surface area (Å²) in [5.74, 6) is 0.206. The number of rotatable bonds is 11. The first-order valence-electron chi connectivity index (χ1n) is 12.1. The number of nitrogens with zero attached hydrogens (tertiary/aromatic N) is 2. The third-order valence-electron chi connectivity index (χ3n) is 5.82. The van der Waals surface area contributed by atoms with Crippen molar-refractivity contribution in [2.24, 2.45) is 0 Å². The van der Waals surface area contributed by atoms with E-state index in [9.17, 15) is 4.79 Å². The van der Waals surface area contributed by atoms with Crippen molar-refractivity contribution < 1.29 is 22.1 Å². The summed E-state index contributed by atoms with van der Waals surface area (Å²) in [6.45, 7) is 13.0. The predicted molar refractivity (Wildman–Crippen MR) is 139 cm³/mol. The molecular weight excluding hydrogens is 464 g/mol. The van der Waals surface area contributed by atoms with Gasteiger partial charge in [-0.3, -0.25) is 0 Å². The van der Waals surface area contributed by atoms with Crippen LogP contribution in [-0.2, 0) is 13.3 Å². The molecule has 186 valence electrons. The van der Waals surface area contributed by atoms with Crippen LogP contribution in [0.25, 0.3) is 33.5 Å². The first-order valence-corrected chi connectivity index (χ1v) is 13.9. The van der Waals surface area contributed by atoms with Gasteiger partial charge in [0.25, 0.3) is 0 Å². The van der Waals surface area contributed by atoms with E-state index >= 15 is 0 Å². The predicted octanol–water partition coefficient (Wildman–Crippen LogP) is 4.70. The molecule has 0 fully saturated rings. The van der Waals surface area contributed by atoms with Gasteiger partial charge in [-0.2, -0.15) is 0 Å². The minimum Gasteiger partial charge on any atom is -0.436 e. The monoisotopic (exact) mass is 496 g/mol. The van der Waals surface area contributed by atoms with Gasteiger partial charge < -0.3 is 27.0 Å². The van der Waals surface area contributed by atoms with Crippen molar-refractivity contribution in [2.75, 3.05) is 37.8 Å². The van der Waals surface area contributed by atoms with Crippen LogP contribution in [0.4, 0.5) is 5.69 Å². The molecule has 4 rings (SSSR count). The molecule has 0 aliphatic carbocycles. The second-order valence-corrected chi connectivity index (χ2v) is 10.5. The molecule has 0 atom stereocenters. The molecule has 0 aliphatic heterocycles. The standard InChI is InChI=1S/C26H32N2O6Si/c1-6-28(7-2)19-12-11-18-15-21(26(29)34-24(18)16-19)25-27-22-17-20(13-14-23(22)33-25)35(30-8-3,31-9-4)32-10-5/h11-17H,6-10H2,1-5H3. The Morgan fingerprint density at radius 1 is 0.829 bits per heavy atom. The van der Waals surface area contributed by atoms with Gasteiger partial charge in [-0.05, 0) is 65.0 Å². The summed E-state index contributed by atoms with van der Waals surface area (Å²) >= 11 is 0. The number of hydrogen-bond acceptors (Lipinski definition) is 8. The van der Waals surface area contributed by atoms with Crippen molar-refractivity contribution in [3.63, 3.8) is 0 Å². The van der Waals surface area contributed by atoms with Crippen LogP contribution in [0.2, 0.25) is 0 Å². The largest absolute Gasteiger partial charge is 0.537 e. The van der Waals surface area contributed by atoms with E-state index < -0.39 is 14.4 Å². The zero-order valence-corrected chi connectivity index (χ0v) is 21.9. The maximum atomic E-state index is 12.9. The summed E-state index contributed by atoms with van der Waals surface area (Å²) < 4.78 is 29.6. The fraction of sp³-hybridized carbons (Fsp3) is 0.385. The van der Waals surface area contributed by atoms with E-state index in [1.807, 2.05) is 51.1 Å². The van der Waals surface area contributed by atoms with E-state index in [0.717, 1.165) is 29.3 Å². The Morgan fingerprint density at radius 3 is 2.14 bits per heavy atom. The Kier molecular flexibility index (Phi) is 7.71. The van der Waals surface area contributed by atoms with Crippen LogP contribution in [-0.4, -0.2) is 46.7 Å². The molecule has 0 N–H and O–H groups in total. The Morgan fingerprint density at radius 2 is 1.51 bits per heavy atom. The maximum absolute atomic E-state index is 12.9. The molecule has 0 radical (unpaired) electrons. The smallest absolute Gasteiger partial charge is 0.436 e. The highest BCUT2D eigenvalue weighted by Crippen LogP contribution is 2.27. The zero-order valence-electron chi connectivity index (χ0n) is 20.9. The summed E-state index contributed by atoms with van der Waals surface area (Å²) in [4.78, 5) is 19.7. The molecule has 0 aliphatic rings. The van der Waals surface area contributed by atoms with Crippen LogP contribution in [0.5, 0.6) is 0 Å². The highest BCUT2D eigenvalue weighted by atomic mass is 28.4. The number of hydrogen-bond donors (Lipinski definition) is 0. The Balaban J connectivity index is 1.76. The number of fused-ring (bicyclic) bond motifs is 2. The quantitative estimate of drug-likeness (QED) is 0.218. The van der Waals surface area contributed by atoms with E-state index in [-0.39, 0.29) is 11.5 Å². The molecule has 2 aromatic carbocycles. The molecule has 8 nitrogen and oxygen atoms in total. The lowest BCUT2D eigenvalue weighted by Crippen LogP contribution is -2.56. The van der Waals surface area contributed by atoms with Gasteiger partial charge in [0.05, 0.1) is 0 Å². The molecule has 0 bridgehead atoms. The summed E-state index contributed by atoms with van der Waals surface area (Å²) in [5.41, 5.74) is 2.45. The molecule has 35 heavy (non-hydrogen) atoms. The molecule has 0 amide bonds. The number of benzene rings is 2. The first kappa shape index (κ1) is 25.1. The lowest BCUT2D eigenvalue weighted by molar-refractivity contribution is 0.0859. The third kappa shape index (κ3) is 4.90. The van der Waals surface area contributed by atoms with E-state index in [1.165, 1.54) is 0 Å². The molecule has 0 unspecified atom stereocenters. The van der Waals surface area contributed by atoms with Crippen molar-refractivity contribution in [2.45, 2.75) is 34.6 Å². The fourth-order valence-corrected chi connectivity index (χ4v) is 6.70. The van der Waals surface area contributed by atoms with Crippen LogP contribution in [0.3, 0.4) is 0 Å². The van der Waals surface area contributed by atoms with Gasteiger partial charge in [-0.25, -0.2) is 9.78 Å². The van der Waals surface area contributed by atoms with Crippen LogP contribution in [0.15, 0.2) is 56.1 Å². The first-order chi connectivity index (χ1) is 17.0. The van der Waals surface area contributed by atoms with Gasteiger partial charge in [0.2, 0.25) is 5.89 Å². The topological polar surface area (TPSA) is 87.2 Å². The van der Waals surface area contributed by atoms with Crippen molar-refractivity contribution in [1.29, 1.82) is 0 Å². The van der Waals surface area contributed by atoms with Crippen LogP contribution >= 0.6 is 0 Å². The number of aromatic nitrogens is 1. The summed E-state index contributed by atoms with van der Waals surface area (Å²) in [5, 5.41) is 1.60. The molecule has 0 spiro atoms. The summed E-state index contributed by atoms with van der Waals surface area (Å²) in [6.07, 6.45) is 0. The van der Waals surface area contributed by atoms with Crippen molar-refractivity contribution >= 4 is 41.7 Å². The summed E-state index contributed by atoms with van der Waals surface area (Å²) in [7, 11) is -3.09. The second kappa shape index (κ2) is 10.7. The Labute approximate surface area is 205 Å². The molecule has 2 aromatic heterocycles. The number of anilines is 1. The van der Waals surface area contributed by atoms with Gasteiger partial charge in [0.1, 0.15) is 16.7 Å². The minimum absolute atomic E-state index is 0.206. The van der Waals surface area contributed by atoms with Gasteiger partial charge in [-0.15, -0.1) is 0 Å². The molecule has 2 heterocycles. The minimum atomic E-state index is -3.09. The molecule has 0 saturated carbocycles. The molecule has 0 saturated heterocycles. The Bertz CT molecular complexity index is 1340. The van der Waals surface area contributed by atoms with Crippen molar-refractivity contribution in [3.05, 3.63) is 52.9 Å². The average molecular weight is 497 g/mol. The average Bonchev–Trinajstić information content (AvgIpc) is 3.28. The zero-order chi connectivity index (χ0) is 25.0. The SMILES string of the molecule is CCO[Si](OCC)(OCC)c1ccc2oc(-c3cc4ccc(N(CC)CC)cc4oc3=O)nc2c1. The van der Waals surface area contributed by atoms with E-state index in [1.54, 1.807) is 12.1 Å². The van der Waals surface area contributed by atoms with Crippen molar-refractivity contribution in [3.8, 4) is 11.5 Å². The van der Waals surface area contributed by atoms with Crippen LogP contribution < -0.4 is 15.7 Å². The van der Waals surface area contributed by atoms with E-state index in [4.69, 9.17) is 22.1 Å². The molecule has 9 heteroatoms. The third-order valence-corrected chi connectivity index (χ3v) is 8.85. The highest BCUT2D eigenvalue weighted by Gasteiger charge is 2.43. The van der Waals surface area contributed by atoms with Gasteiger partial charge in [0, 0.05) is 55.2 Å². The van der Waals surface area contributed by atoms with Crippen molar-refractivity contribution in [1.82, 2.24) is 4.98 Å². The van der Waals surface area contributed by atoms with E-state index in [2.05, 4.69) is 23.7 Å². The fourth-order valence-electron chi connectivity index (χ4n) is 4.21. The Hall–Kier alpha value is -2.98. The maximum Gasteiger partial charge on any atom is 0.537 e. The van der Waals surface area contributed by atoms with Crippen LogP contribution in [0.1, 0.15) is 34.6 Å². The van der Waals surface area contributed by atoms with Gasteiger partial charge >= 0.3 is 14.4 Å². The second-order valence-electron chi connectivity index (χ2n) is 7.90. The molecule has 4 aromatic rings. The lowest BCUT2D eigenvalue weighted by Gasteiger charge is -2.28. The summed E-state index contributed by atoms with van der Waals surface area (Å²) in [6, 6.07) is 13.2. The van der Waals surface area contributed by atoms with E-state index in [0.29, 0.717) is 36.5 Å². The normalized spacial score (nSPS) is 12.0. The number of oxazole rings is 1. The lowest BCUT2D eigenvalue weighted by atomic mass is 10.1. The van der Waals surface area contributed by atoms with Gasteiger partial charge in [-0.1, -0.05) is 6.07 Å².